The van der Waals surface area contributed by atoms with E-state index < -0.39 is 0 Å². The van der Waals surface area contributed by atoms with Crippen LogP contribution in [0.2, 0.25) is 0 Å². The van der Waals surface area contributed by atoms with E-state index in [0.717, 1.165) is 0 Å². The van der Waals surface area contributed by atoms with Crippen molar-refractivity contribution in [2.75, 3.05) is 0 Å². The van der Waals surface area contributed by atoms with Gasteiger partial charge in [0.25, 0.3) is 0 Å². The molecular formula is C5H13Br2N. The maximum absolute atomic E-state index is 3.50. The molecule has 1 unspecified atom stereocenters. The van der Waals surface area contributed by atoms with E-state index in [4.69, 9.17) is 0 Å². The molecule has 1 atom stereocenters. The lowest BCUT2D eigenvalue weighted by atomic mass is 10.2. The molecule has 0 aromatic rings. The molecule has 0 aromatic carbocycles. The third kappa shape index (κ3) is 5.06. The summed E-state index contributed by atoms with van der Waals surface area (Å²) in [6.45, 7) is 6.38. The van der Waals surface area contributed by atoms with E-state index in [9.17, 15) is 0 Å². The van der Waals surface area contributed by atoms with Crippen LogP contribution in [0.1, 0.15) is 20.8 Å². The van der Waals surface area contributed by atoms with Gasteiger partial charge in [0.15, 0.2) is 0 Å². The van der Waals surface area contributed by atoms with E-state index in [1.807, 2.05) is 0 Å². The lowest BCUT2D eigenvalue weighted by Gasteiger charge is -2.18. The van der Waals surface area contributed by atoms with Gasteiger partial charge in [-0.2, -0.15) is 0 Å². The van der Waals surface area contributed by atoms with Gasteiger partial charge in [-0.1, -0.05) is 38.8 Å². The first-order valence-corrected chi connectivity index (χ1v) is 3.98. The van der Waals surface area contributed by atoms with Gasteiger partial charge < -0.3 is 6.15 Å². The third-order valence-corrected chi connectivity index (χ3v) is 3.39. The van der Waals surface area contributed by atoms with E-state index in [-0.39, 0.29) is 10.5 Å². The van der Waals surface area contributed by atoms with Crippen molar-refractivity contribution in [1.29, 1.82) is 0 Å². The molecule has 0 saturated heterocycles. The number of rotatable bonds is 1. The van der Waals surface area contributed by atoms with Crippen molar-refractivity contribution < 1.29 is 0 Å². The maximum Gasteiger partial charge on any atom is 0.0323 e. The SMILES string of the molecule is CC(Br)C(C)(C)Br.N. The molecule has 0 heterocycles. The Bertz CT molecular complexity index is 55.9. The molecule has 0 bridgehead atoms. The maximum atomic E-state index is 3.50. The van der Waals surface area contributed by atoms with Crippen LogP contribution in [0.15, 0.2) is 0 Å². The van der Waals surface area contributed by atoms with Gasteiger partial charge in [0.2, 0.25) is 0 Å². The van der Waals surface area contributed by atoms with Gasteiger partial charge in [0, 0.05) is 9.15 Å². The number of halogens is 2. The molecular weight excluding hydrogens is 234 g/mol. The molecule has 1 nitrogen and oxygen atoms in total. The summed E-state index contributed by atoms with van der Waals surface area (Å²) in [7, 11) is 0. The first kappa shape index (κ1) is 11.7. The van der Waals surface area contributed by atoms with Crippen LogP contribution in [-0.2, 0) is 0 Å². The summed E-state index contributed by atoms with van der Waals surface area (Å²) in [5.41, 5.74) is 0. The summed E-state index contributed by atoms with van der Waals surface area (Å²) >= 11 is 6.94. The highest BCUT2D eigenvalue weighted by molar-refractivity contribution is 9.12. The summed E-state index contributed by atoms with van der Waals surface area (Å²) in [6.07, 6.45) is 0. The second kappa shape index (κ2) is 3.85. The highest BCUT2D eigenvalue weighted by atomic mass is 79.9. The minimum atomic E-state index is 0. The lowest BCUT2D eigenvalue weighted by molar-refractivity contribution is 0.727. The second-order valence-electron chi connectivity index (χ2n) is 2.18. The van der Waals surface area contributed by atoms with Gasteiger partial charge in [0.05, 0.1) is 0 Å². The zero-order chi connectivity index (χ0) is 6.08. The Morgan fingerprint density at radius 2 is 1.50 bits per heavy atom. The van der Waals surface area contributed by atoms with Crippen LogP contribution in [0.25, 0.3) is 0 Å². The van der Waals surface area contributed by atoms with Crippen LogP contribution in [0.5, 0.6) is 0 Å². The summed E-state index contributed by atoms with van der Waals surface area (Å²) in [6, 6.07) is 0. The molecule has 8 heavy (non-hydrogen) atoms. The van der Waals surface area contributed by atoms with Crippen molar-refractivity contribution in [3.8, 4) is 0 Å². The summed E-state index contributed by atoms with van der Waals surface area (Å²) < 4.78 is 0.229. The van der Waals surface area contributed by atoms with Crippen molar-refractivity contribution in [1.82, 2.24) is 6.15 Å². The Morgan fingerprint density at radius 3 is 1.50 bits per heavy atom. The predicted molar refractivity (Wildman–Crippen MR) is 46.4 cm³/mol. The van der Waals surface area contributed by atoms with Crippen LogP contribution >= 0.6 is 31.9 Å². The molecule has 3 heteroatoms. The van der Waals surface area contributed by atoms with Crippen LogP contribution in [-0.4, -0.2) is 9.15 Å². The van der Waals surface area contributed by atoms with Crippen molar-refractivity contribution >= 4 is 31.9 Å². The molecule has 52 valence electrons. The molecule has 0 fully saturated rings. The van der Waals surface area contributed by atoms with E-state index in [0.29, 0.717) is 4.83 Å². The van der Waals surface area contributed by atoms with Crippen molar-refractivity contribution in [3.05, 3.63) is 0 Å². The minimum absolute atomic E-state index is 0. The van der Waals surface area contributed by atoms with Crippen LogP contribution in [0.4, 0.5) is 0 Å². The molecule has 0 radical (unpaired) electrons. The fourth-order valence-electron chi connectivity index (χ4n) is 0. The van der Waals surface area contributed by atoms with Gasteiger partial charge in [0.1, 0.15) is 0 Å². The smallest absolute Gasteiger partial charge is 0.0323 e. The molecule has 0 aliphatic rings. The normalized spacial score (nSPS) is 14.6. The number of hydrogen-bond donors (Lipinski definition) is 1. The monoisotopic (exact) mass is 245 g/mol. The first-order chi connectivity index (χ1) is 2.94. The lowest BCUT2D eigenvalue weighted by Crippen LogP contribution is -2.20. The first-order valence-electron chi connectivity index (χ1n) is 2.27. The van der Waals surface area contributed by atoms with Crippen molar-refractivity contribution in [2.24, 2.45) is 0 Å². The highest BCUT2D eigenvalue weighted by Gasteiger charge is 2.18. The topological polar surface area (TPSA) is 35.0 Å². The quantitative estimate of drug-likeness (QED) is 0.710. The highest BCUT2D eigenvalue weighted by Crippen LogP contribution is 2.25. The Morgan fingerprint density at radius 1 is 1.38 bits per heavy atom. The summed E-state index contributed by atoms with van der Waals surface area (Å²) in [5, 5.41) is 0. The number of hydrogen-bond acceptors (Lipinski definition) is 1. The van der Waals surface area contributed by atoms with E-state index in [1.54, 1.807) is 0 Å². The fraction of sp³-hybridized carbons (Fsp3) is 1.00. The van der Waals surface area contributed by atoms with Gasteiger partial charge >= 0.3 is 0 Å². The van der Waals surface area contributed by atoms with Gasteiger partial charge in [-0.3, -0.25) is 0 Å². The fourth-order valence-corrected chi connectivity index (χ4v) is 0. The Kier molecular flexibility index (Phi) is 5.63. The minimum Gasteiger partial charge on any atom is -0.344 e. The van der Waals surface area contributed by atoms with Crippen LogP contribution in [0.3, 0.4) is 0 Å². The van der Waals surface area contributed by atoms with Crippen LogP contribution < -0.4 is 6.15 Å². The second-order valence-corrected chi connectivity index (χ2v) is 5.60. The predicted octanol–water partition coefficient (Wildman–Crippen LogP) is 3.11. The van der Waals surface area contributed by atoms with Crippen molar-refractivity contribution in [2.45, 2.75) is 29.9 Å². The van der Waals surface area contributed by atoms with Gasteiger partial charge in [-0.15, -0.1) is 0 Å². The van der Waals surface area contributed by atoms with E-state index in [1.165, 1.54) is 0 Å². The molecule has 0 aliphatic heterocycles. The molecule has 0 aliphatic carbocycles. The summed E-state index contributed by atoms with van der Waals surface area (Å²) in [5.74, 6) is 0. The summed E-state index contributed by atoms with van der Waals surface area (Å²) in [4.78, 5) is 0.528. The molecule has 0 amide bonds. The Hall–Kier alpha value is 0.920. The van der Waals surface area contributed by atoms with E-state index in [2.05, 4.69) is 52.6 Å². The van der Waals surface area contributed by atoms with Gasteiger partial charge in [-0.25, -0.2) is 0 Å². The largest absolute Gasteiger partial charge is 0.344 e. The zero-order valence-corrected chi connectivity index (χ0v) is 8.71. The molecule has 0 aromatic heterocycles. The van der Waals surface area contributed by atoms with Gasteiger partial charge in [-0.05, 0) is 13.8 Å². The third-order valence-electron chi connectivity index (χ3n) is 0.946. The Balaban J connectivity index is 0. The standard InChI is InChI=1S/C5H10Br2.H3N/c1-4(6)5(2,3)7;/h4H,1-3H3;1H3. The molecule has 3 N–H and O–H groups in total. The average molecular weight is 247 g/mol. The molecule has 0 spiro atoms. The van der Waals surface area contributed by atoms with E-state index >= 15 is 0 Å². The van der Waals surface area contributed by atoms with Crippen molar-refractivity contribution in [3.63, 3.8) is 0 Å². The van der Waals surface area contributed by atoms with Crippen LogP contribution in [0, 0.1) is 0 Å². The number of alkyl halides is 2. The molecule has 0 rings (SSSR count). The Labute approximate surface area is 68.1 Å². The zero-order valence-electron chi connectivity index (χ0n) is 5.54. The molecule has 0 saturated carbocycles. The average Bonchev–Trinajstić information content (AvgIpc) is 1.31.